The lowest BCUT2D eigenvalue weighted by molar-refractivity contribution is -0.137. The van der Waals surface area contributed by atoms with Gasteiger partial charge in [-0.2, -0.15) is 13.2 Å². The number of aryl methyl sites for hydroxylation is 1. The van der Waals surface area contributed by atoms with Crippen molar-refractivity contribution in [1.82, 2.24) is 20.4 Å². The lowest BCUT2D eigenvalue weighted by Gasteiger charge is -2.06. The molecule has 0 N–H and O–H groups in total. The van der Waals surface area contributed by atoms with Crippen molar-refractivity contribution in [2.75, 3.05) is 0 Å². The van der Waals surface area contributed by atoms with Crippen molar-refractivity contribution in [3.05, 3.63) is 59.7 Å². The van der Waals surface area contributed by atoms with E-state index in [9.17, 15) is 13.2 Å². The van der Waals surface area contributed by atoms with Gasteiger partial charge in [-0.1, -0.05) is 43.3 Å². The van der Waals surface area contributed by atoms with Gasteiger partial charge < -0.3 is 0 Å². The SMILES string of the molecule is CCc1ccc(-c2nnc(-c3ccc(C(F)(F)F)cc3)nn2)cc1. The van der Waals surface area contributed by atoms with Crippen LogP contribution in [0.2, 0.25) is 0 Å². The van der Waals surface area contributed by atoms with Crippen LogP contribution >= 0.6 is 0 Å². The van der Waals surface area contributed by atoms with Gasteiger partial charge in [-0.15, -0.1) is 20.4 Å². The average Bonchev–Trinajstić information content (AvgIpc) is 2.61. The standard InChI is InChI=1S/C17H13F3N4/c1-2-11-3-5-12(6-4-11)15-21-23-16(24-22-15)13-7-9-14(10-8-13)17(18,19)20/h3-10H,2H2,1H3. The molecule has 3 aromatic rings. The van der Waals surface area contributed by atoms with E-state index in [-0.39, 0.29) is 5.82 Å². The van der Waals surface area contributed by atoms with Crippen molar-refractivity contribution in [3.8, 4) is 22.8 Å². The highest BCUT2D eigenvalue weighted by molar-refractivity contribution is 5.57. The molecule has 0 aliphatic rings. The summed E-state index contributed by atoms with van der Waals surface area (Å²) < 4.78 is 37.7. The molecule has 0 radical (unpaired) electrons. The fourth-order valence-corrected chi connectivity index (χ4v) is 2.16. The summed E-state index contributed by atoms with van der Waals surface area (Å²) in [5.74, 6) is 0.547. The zero-order valence-corrected chi connectivity index (χ0v) is 12.7. The maximum absolute atomic E-state index is 12.6. The van der Waals surface area contributed by atoms with E-state index < -0.39 is 11.7 Å². The summed E-state index contributed by atoms with van der Waals surface area (Å²) >= 11 is 0. The molecule has 1 aromatic heterocycles. The van der Waals surface area contributed by atoms with Gasteiger partial charge >= 0.3 is 6.18 Å². The Hall–Kier alpha value is -2.83. The molecule has 4 nitrogen and oxygen atoms in total. The van der Waals surface area contributed by atoms with E-state index >= 15 is 0 Å². The molecule has 0 spiro atoms. The van der Waals surface area contributed by atoms with E-state index in [1.807, 2.05) is 24.3 Å². The second-order valence-corrected chi connectivity index (χ2v) is 5.17. The largest absolute Gasteiger partial charge is 0.416 e. The molecule has 0 fully saturated rings. The van der Waals surface area contributed by atoms with Crippen molar-refractivity contribution in [2.45, 2.75) is 19.5 Å². The molecule has 3 rings (SSSR count). The van der Waals surface area contributed by atoms with E-state index in [2.05, 4.69) is 27.3 Å². The molecule has 7 heteroatoms. The second-order valence-electron chi connectivity index (χ2n) is 5.17. The highest BCUT2D eigenvalue weighted by Crippen LogP contribution is 2.30. The van der Waals surface area contributed by atoms with Crippen LogP contribution in [-0.4, -0.2) is 20.4 Å². The smallest absolute Gasteiger partial charge is 0.166 e. The Balaban J connectivity index is 1.83. The van der Waals surface area contributed by atoms with Gasteiger partial charge in [-0.25, -0.2) is 0 Å². The van der Waals surface area contributed by atoms with Gasteiger partial charge in [0, 0.05) is 11.1 Å². The van der Waals surface area contributed by atoms with E-state index in [4.69, 9.17) is 0 Å². The summed E-state index contributed by atoms with van der Waals surface area (Å²) in [7, 11) is 0. The maximum Gasteiger partial charge on any atom is 0.416 e. The van der Waals surface area contributed by atoms with Crippen LogP contribution < -0.4 is 0 Å². The fraction of sp³-hybridized carbons (Fsp3) is 0.176. The monoisotopic (exact) mass is 330 g/mol. The Morgan fingerprint density at radius 2 is 1.12 bits per heavy atom. The summed E-state index contributed by atoms with van der Waals surface area (Å²) in [5, 5.41) is 15.9. The number of benzene rings is 2. The molecular weight excluding hydrogens is 317 g/mol. The fourth-order valence-electron chi connectivity index (χ4n) is 2.16. The maximum atomic E-state index is 12.6. The number of hydrogen-bond donors (Lipinski definition) is 0. The first-order valence-electron chi connectivity index (χ1n) is 7.31. The number of nitrogens with zero attached hydrogens (tertiary/aromatic N) is 4. The quantitative estimate of drug-likeness (QED) is 0.723. The van der Waals surface area contributed by atoms with Crippen molar-refractivity contribution in [2.24, 2.45) is 0 Å². The normalized spacial score (nSPS) is 11.5. The molecular formula is C17H13F3N4. The molecule has 0 amide bonds. The van der Waals surface area contributed by atoms with E-state index in [1.54, 1.807) is 0 Å². The van der Waals surface area contributed by atoms with Gasteiger partial charge in [0.25, 0.3) is 0 Å². The lowest BCUT2D eigenvalue weighted by Crippen LogP contribution is -2.04. The first-order valence-corrected chi connectivity index (χ1v) is 7.31. The molecule has 0 aliphatic carbocycles. The Labute approximate surface area is 136 Å². The van der Waals surface area contributed by atoms with Gasteiger partial charge in [0.05, 0.1) is 5.56 Å². The van der Waals surface area contributed by atoms with Gasteiger partial charge in [-0.05, 0) is 24.1 Å². The Morgan fingerprint density at radius 1 is 0.708 bits per heavy atom. The van der Waals surface area contributed by atoms with Crippen LogP contribution in [0.25, 0.3) is 22.8 Å². The minimum Gasteiger partial charge on any atom is -0.166 e. The summed E-state index contributed by atoms with van der Waals surface area (Å²) in [4.78, 5) is 0. The number of hydrogen-bond acceptors (Lipinski definition) is 4. The third-order valence-electron chi connectivity index (χ3n) is 3.57. The molecule has 0 atom stereocenters. The van der Waals surface area contributed by atoms with Crippen molar-refractivity contribution < 1.29 is 13.2 Å². The lowest BCUT2D eigenvalue weighted by atomic mass is 10.1. The molecule has 122 valence electrons. The molecule has 0 saturated carbocycles. The first kappa shape index (κ1) is 16.0. The predicted molar refractivity (Wildman–Crippen MR) is 82.9 cm³/mol. The number of halogens is 3. The topological polar surface area (TPSA) is 51.6 Å². The molecule has 0 unspecified atom stereocenters. The van der Waals surface area contributed by atoms with Crippen LogP contribution in [0.5, 0.6) is 0 Å². The van der Waals surface area contributed by atoms with Crippen molar-refractivity contribution in [3.63, 3.8) is 0 Å². The molecule has 0 aliphatic heterocycles. The van der Waals surface area contributed by atoms with Gasteiger partial charge in [0.1, 0.15) is 0 Å². The highest BCUT2D eigenvalue weighted by atomic mass is 19.4. The van der Waals surface area contributed by atoms with Crippen LogP contribution in [0, 0.1) is 0 Å². The van der Waals surface area contributed by atoms with Gasteiger partial charge in [-0.3, -0.25) is 0 Å². The first-order chi connectivity index (χ1) is 11.5. The second kappa shape index (κ2) is 6.35. The van der Waals surface area contributed by atoms with Crippen LogP contribution in [-0.2, 0) is 12.6 Å². The van der Waals surface area contributed by atoms with E-state index in [0.717, 1.165) is 24.1 Å². The Morgan fingerprint density at radius 3 is 1.50 bits per heavy atom. The van der Waals surface area contributed by atoms with Crippen molar-refractivity contribution >= 4 is 0 Å². The number of aromatic nitrogens is 4. The Kier molecular flexibility index (Phi) is 4.24. The van der Waals surface area contributed by atoms with E-state index in [1.165, 1.54) is 17.7 Å². The molecule has 1 heterocycles. The molecule has 0 saturated heterocycles. The number of alkyl halides is 3. The zero-order valence-electron chi connectivity index (χ0n) is 12.7. The summed E-state index contributed by atoms with van der Waals surface area (Å²) in [6.07, 6.45) is -3.44. The minimum atomic E-state index is -4.37. The third-order valence-corrected chi connectivity index (χ3v) is 3.57. The van der Waals surface area contributed by atoms with Crippen LogP contribution in [0.15, 0.2) is 48.5 Å². The highest BCUT2D eigenvalue weighted by Gasteiger charge is 2.30. The summed E-state index contributed by atoms with van der Waals surface area (Å²) in [6.45, 7) is 2.06. The third kappa shape index (κ3) is 3.40. The summed E-state index contributed by atoms with van der Waals surface area (Å²) in [5.41, 5.74) is 1.68. The van der Waals surface area contributed by atoms with Crippen molar-refractivity contribution in [1.29, 1.82) is 0 Å². The van der Waals surface area contributed by atoms with Crippen LogP contribution in [0.1, 0.15) is 18.1 Å². The predicted octanol–water partition coefficient (Wildman–Crippen LogP) is 4.18. The van der Waals surface area contributed by atoms with Crippen LogP contribution in [0.3, 0.4) is 0 Å². The minimum absolute atomic E-state index is 0.178. The Bertz CT molecular complexity index is 810. The molecule has 0 bridgehead atoms. The van der Waals surface area contributed by atoms with Gasteiger partial charge in [0.2, 0.25) is 11.6 Å². The average molecular weight is 330 g/mol. The zero-order chi connectivity index (χ0) is 17.2. The number of rotatable bonds is 3. The molecule has 2 aromatic carbocycles. The summed E-state index contributed by atoms with van der Waals surface area (Å²) in [6, 6.07) is 12.3. The molecule has 24 heavy (non-hydrogen) atoms. The van der Waals surface area contributed by atoms with E-state index in [0.29, 0.717) is 11.4 Å². The van der Waals surface area contributed by atoms with Crippen LogP contribution in [0.4, 0.5) is 13.2 Å². The van der Waals surface area contributed by atoms with Gasteiger partial charge in [0.15, 0.2) is 0 Å².